The fraction of sp³-hybridized carbons (Fsp3) is 0. The topological polar surface area (TPSA) is 91.0 Å². The number of nitrogen functional groups attached to an aromatic ring is 2. The first-order valence-corrected chi connectivity index (χ1v) is 3.69. The van der Waals surface area contributed by atoms with Gasteiger partial charge in [0, 0.05) is 6.07 Å². The Morgan fingerprint density at radius 2 is 2.08 bits per heavy atom. The van der Waals surface area contributed by atoms with E-state index in [9.17, 15) is 0 Å². The van der Waals surface area contributed by atoms with Gasteiger partial charge in [-0.2, -0.15) is 4.98 Å². The molecule has 2 heterocycles. The van der Waals surface area contributed by atoms with Crippen molar-refractivity contribution in [2.45, 2.75) is 0 Å². The number of anilines is 2. The molecular weight excluding hydrogens is 168 g/mol. The van der Waals surface area contributed by atoms with Crippen molar-refractivity contribution in [3.05, 3.63) is 24.5 Å². The molecule has 0 fully saturated rings. The molecule has 0 saturated heterocycles. The normalized spacial score (nSPS) is 10.2. The standard InChI is InChI=1S/C8H8N4O/c9-7-4-5(11-8(10)12-7)6-2-1-3-13-6/h1-4H,(H4,9,10,11,12). The summed E-state index contributed by atoms with van der Waals surface area (Å²) in [5.41, 5.74) is 11.5. The van der Waals surface area contributed by atoms with Crippen molar-refractivity contribution in [3.8, 4) is 11.5 Å². The highest BCUT2D eigenvalue weighted by molar-refractivity contribution is 5.57. The van der Waals surface area contributed by atoms with E-state index in [2.05, 4.69) is 9.97 Å². The van der Waals surface area contributed by atoms with Crippen LogP contribution >= 0.6 is 0 Å². The summed E-state index contributed by atoms with van der Waals surface area (Å²) in [7, 11) is 0. The molecule has 0 aromatic carbocycles. The van der Waals surface area contributed by atoms with Gasteiger partial charge < -0.3 is 15.9 Å². The van der Waals surface area contributed by atoms with Crippen LogP contribution < -0.4 is 11.5 Å². The van der Waals surface area contributed by atoms with Crippen molar-refractivity contribution < 1.29 is 4.42 Å². The van der Waals surface area contributed by atoms with Crippen LogP contribution in [0.2, 0.25) is 0 Å². The summed E-state index contributed by atoms with van der Waals surface area (Å²) in [6.45, 7) is 0. The average Bonchev–Trinajstić information content (AvgIpc) is 2.53. The van der Waals surface area contributed by atoms with Gasteiger partial charge in [-0.1, -0.05) is 0 Å². The zero-order chi connectivity index (χ0) is 9.26. The van der Waals surface area contributed by atoms with E-state index in [1.165, 1.54) is 0 Å². The number of rotatable bonds is 1. The first-order chi connectivity index (χ1) is 6.25. The molecule has 0 unspecified atom stereocenters. The zero-order valence-corrected chi connectivity index (χ0v) is 6.77. The van der Waals surface area contributed by atoms with Gasteiger partial charge in [-0.05, 0) is 12.1 Å². The predicted molar refractivity (Wildman–Crippen MR) is 48.6 cm³/mol. The maximum atomic E-state index is 5.49. The molecule has 0 aliphatic carbocycles. The number of hydrogen-bond acceptors (Lipinski definition) is 5. The molecule has 2 aromatic rings. The maximum absolute atomic E-state index is 5.49. The SMILES string of the molecule is Nc1cc(-c2ccco2)nc(N)n1. The van der Waals surface area contributed by atoms with E-state index in [-0.39, 0.29) is 5.95 Å². The van der Waals surface area contributed by atoms with Gasteiger partial charge in [-0.25, -0.2) is 4.98 Å². The molecular formula is C8H8N4O. The Labute approximate surface area is 74.4 Å². The summed E-state index contributed by atoms with van der Waals surface area (Å²) in [5, 5.41) is 0. The minimum Gasteiger partial charge on any atom is -0.463 e. The van der Waals surface area contributed by atoms with Crippen LogP contribution in [0.5, 0.6) is 0 Å². The molecule has 2 rings (SSSR count). The molecule has 66 valence electrons. The Balaban J connectivity index is 2.53. The number of aromatic nitrogens is 2. The molecule has 5 heteroatoms. The predicted octanol–water partition coefficient (Wildman–Crippen LogP) is 0.901. The van der Waals surface area contributed by atoms with Crippen LogP contribution in [0.3, 0.4) is 0 Å². The van der Waals surface area contributed by atoms with E-state index >= 15 is 0 Å². The molecule has 0 saturated carbocycles. The molecule has 4 N–H and O–H groups in total. The van der Waals surface area contributed by atoms with Crippen molar-refractivity contribution >= 4 is 11.8 Å². The van der Waals surface area contributed by atoms with Crippen molar-refractivity contribution in [2.75, 3.05) is 11.5 Å². The molecule has 0 aliphatic rings. The lowest BCUT2D eigenvalue weighted by molar-refractivity contribution is 0.580. The second-order valence-electron chi connectivity index (χ2n) is 2.51. The van der Waals surface area contributed by atoms with Crippen molar-refractivity contribution in [3.63, 3.8) is 0 Å². The monoisotopic (exact) mass is 176 g/mol. The van der Waals surface area contributed by atoms with Crippen LogP contribution in [-0.2, 0) is 0 Å². The van der Waals surface area contributed by atoms with Crippen LogP contribution in [0.15, 0.2) is 28.9 Å². The third-order valence-corrected chi connectivity index (χ3v) is 1.54. The minimum absolute atomic E-state index is 0.145. The van der Waals surface area contributed by atoms with E-state index in [1.54, 1.807) is 24.5 Å². The fourth-order valence-corrected chi connectivity index (χ4v) is 1.04. The first kappa shape index (κ1) is 7.60. The largest absolute Gasteiger partial charge is 0.463 e. The second-order valence-corrected chi connectivity index (χ2v) is 2.51. The van der Waals surface area contributed by atoms with E-state index < -0.39 is 0 Å². The minimum atomic E-state index is 0.145. The summed E-state index contributed by atoms with van der Waals surface area (Å²) >= 11 is 0. The molecule has 0 atom stereocenters. The Morgan fingerprint density at radius 3 is 2.69 bits per heavy atom. The first-order valence-electron chi connectivity index (χ1n) is 3.69. The molecule has 5 nitrogen and oxygen atoms in total. The van der Waals surface area contributed by atoms with Crippen LogP contribution in [0.25, 0.3) is 11.5 Å². The van der Waals surface area contributed by atoms with E-state index in [0.29, 0.717) is 17.3 Å². The van der Waals surface area contributed by atoms with Crippen LogP contribution in [0.1, 0.15) is 0 Å². The van der Waals surface area contributed by atoms with E-state index in [1.807, 2.05) is 0 Å². The second kappa shape index (κ2) is 2.78. The lowest BCUT2D eigenvalue weighted by atomic mass is 10.3. The lowest BCUT2D eigenvalue weighted by Gasteiger charge is -1.98. The average molecular weight is 176 g/mol. The van der Waals surface area contributed by atoms with Gasteiger partial charge in [0.1, 0.15) is 11.5 Å². The summed E-state index contributed by atoms with van der Waals surface area (Å²) in [6, 6.07) is 5.15. The quantitative estimate of drug-likeness (QED) is 0.673. The van der Waals surface area contributed by atoms with Gasteiger partial charge in [0.05, 0.1) is 6.26 Å². The van der Waals surface area contributed by atoms with Gasteiger partial charge >= 0.3 is 0 Å². The number of nitrogens with two attached hydrogens (primary N) is 2. The van der Waals surface area contributed by atoms with Crippen molar-refractivity contribution in [1.82, 2.24) is 9.97 Å². The third-order valence-electron chi connectivity index (χ3n) is 1.54. The van der Waals surface area contributed by atoms with Crippen molar-refractivity contribution in [2.24, 2.45) is 0 Å². The number of nitrogens with zero attached hydrogens (tertiary/aromatic N) is 2. The Kier molecular flexibility index (Phi) is 1.63. The van der Waals surface area contributed by atoms with Crippen LogP contribution in [-0.4, -0.2) is 9.97 Å². The highest BCUT2D eigenvalue weighted by Crippen LogP contribution is 2.19. The summed E-state index contributed by atoms with van der Waals surface area (Å²) < 4.78 is 5.13. The molecule has 2 aromatic heterocycles. The van der Waals surface area contributed by atoms with E-state index in [4.69, 9.17) is 15.9 Å². The summed E-state index contributed by atoms with van der Waals surface area (Å²) in [6.07, 6.45) is 1.56. The van der Waals surface area contributed by atoms with Crippen LogP contribution in [0, 0.1) is 0 Å². The van der Waals surface area contributed by atoms with Gasteiger partial charge in [0.15, 0.2) is 5.76 Å². The zero-order valence-electron chi connectivity index (χ0n) is 6.77. The lowest BCUT2D eigenvalue weighted by Crippen LogP contribution is -2.00. The molecule has 0 radical (unpaired) electrons. The van der Waals surface area contributed by atoms with Gasteiger partial charge in [0.2, 0.25) is 5.95 Å². The summed E-state index contributed by atoms with van der Waals surface area (Å²) in [4.78, 5) is 7.72. The Bertz CT molecular complexity index is 390. The molecule has 0 amide bonds. The highest BCUT2D eigenvalue weighted by atomic mass is 16.3. The maximum Gasteiger partial charge on any atom is 0.222 e. The molecule has 0 spiro atoms. The fourth-order valence-electron chi connectivity index (χ4n) is 1.04. The Morgan fingerprint density at radius 1 is 1.23 bits per heavy atom. The molecule has 0 bridgehead atoms. The highest BCUT2D eigenvalue weighted by Gasteiger charge is 2.04. The molecule has 0 aliphatic heterocycles. The number of furan rings is 1. The van der Waals surface area contributed by atoms with Crippen molar-refractivity contribution in [1.29, 1.82) is 0 Å². The van der Waals surface area contributed by atoms with Gasteiger partial charge in [-0.3, -0.25) is 0 Å². The number of hydrogen-bond donors (Lipinski definition) is 2. The summed E-state index contributed by atoms with van der Waals surface area (Å²) in [5.74, 6) is 1.10. The van der Waals surface area contributed by atoms with Gasteiger partial charge in [-0.15, -0.1) is 0 Å². The Hall–Kier alpha value is -2.04. The van der Waals surface area contributed by atoms with E-state index in [0.717, 1.165) is 0 Å². The van der Waals surface area contributed by atoms with Gasteiger partial charge in [0.25, 0.3) is 0 Å². The molecule has 13 heavy (non-hydrogen) atoms. The third kappa shape index (κ3) is 1.44. The smallest absolute Gasteiger partial charge is 0.222 e. The van der Waals surface area contributed by atoms with Crippen LogP contribution in [0.4, 0.5) is 11.8 Å².